The van der Waals surface area contributed by atoms with Crippen LogP contribution in [0.25, 0.3) is 0 Å². The molecule has 0 heterocycles. The summed E-state index contributed by atoms with van der Waals surface area (Å²) < 4.78 is 21.3. The van der Waals surface area contributed by atoms with Crippen molar-refractivity contribution < 1.29 is 23.7 Å². The number of hydrogen-bond acceptors (Lipinski definition) is 5. The van der Waals surface area contributed by atoms with Gasteiger partial charge < -0.3 is 24.3 Å². The number of methoxy groups -OCH3 is 4. The van der Waals surface area contributed by atoms with E-state index in [1.54, 1.807) is 28.4 Å². The maximum atomic E-state index is 12.7. The molecular weight excluding hydrogens is 370 g/mol. The first-order valence-corrected chi connectivity index (χ1v) is 9.79. The molecule has 6 nitrogen and oxygen atoms in total. The van der Waals surface area contributed by atoms with Crippen LogP contribution >= 0.6 is 0 Å². The molecule has 1 atom stereocenters. The zero-order chi connectivity index (χ0) is 20.8. The van der Waals surface area contributed by atoms with Crippen LogP contribution in [0.3, 0.4) is 0 Å². The standard InChI is InChI=1S/C23H29NO5/c1-26-19-9-5-15(11-21(19)28-3)14-24-23(25)13-18(16-6-7-16)17-8-10-20(27-2)22(12-17)29-4/h5,8-12,16,18H,6-7,13-14H2,1-4H3,(H,24,25). The summed E-state index contributed by atoms with van der Waals surface area (Å²) in [4.78, 5) is 12.7. The normalized spacial score (nSPS) is 14.1. The number of ether oxygens (including phenoxy) is 4. The molecule has 0 spiro atoms. The van der Waals surface area contributed by atoms with Gasteiger partial charge in [0.1, 0.15) is 0 Å². The van der Waals surface area contributed by atoms with Crippen LogP contribution in [0.15, 0.2) is 36.4 Å². The van der Waals surface area contributed by atoms with E-state index in [1.807, 2.05) is 36.4 Å². The molecule has 1 aliphatic carbocycles. The Kier molecular flexibility index (Phi) is 6.86. The lowest BCUT2D eigenvalue weighted by molar-refractivity contribution is -0.121. The Hall–Kier alpha value is -2.89. The molecule has 1 aliphatic rings. The topological polar surface area (TPSA) is 66.0 Å². The lowest BCUT2D eigenvalue weighted by Gasteiger charge is -2.18. The smallest absolute Gasteiger partial charge is 0.220 e. The van der Waals surface area contributed by atoms with Gasteiger partial charge in [-0.05, 0) is 60.1 Å². The summed E-state index contributed by atoms with van der Waals surface area (Å²) in [6.45, 7) is 0.447. The highest BCUT2D eigenvalue weighted by Gasteiger charge is 2.34. The molecule has 6 heteroatoms. The van der Waals surface area contributed by atoms with Gasteiger partial charge in [0, 0.05) is 13.0 Å². The Morgan fingerprint density at radius 2 is 1.48 bits per heavy atom. The van der Waals surface area contributed by atoms with Crippen molar-refractivity contribution in [3.8, 4) is 23.0 Å². The minimum absolute atomic E-state index is 0.0338. The highest BCUT2D eigenvalue weighted by Crippen LogP contribution is 2.46. The average Bonchev–Trinajstić information content (AvgIpc) is 3.60. The Morgan fingerprint density at radius 3 is 2.07 bits per heavy atom. The van der Waals surface area contributed by atoms with Crippen LogP contribution in [0, 0.1) is 5.92 Å². The van der Waals surface area contributed by atoms with Crippen LogP contribution in [0.1, 0.15) is 36.3 Å². The molecule has 1 amide bonds. The largest absolute Gasteiger partial charge is 0.493 e. The lowest BCUT2D eigenvalue weighted by Crippen LogP contribution is -2.25. The second-order valence-electron chi connectivity index (χ2n) is 7.23. The summed E-state index contributed by atoms with van der Waals surface area (Å²) in [7, 11) is 6.45. The number of nitrogens with one attached hydrogen (secondary N) is 1. The fraction of sp³-hybridized carbons (Fsp3) is 0.435. The van der Waals surface area contributed by atoms with E-state index in [9.17, 15) is 4.79 Å². The molecule has 1 fully saturated rings. The van der Waals surface area contributed by atoms with Crippen molar-refractivity contribution in [2.24, 2.45) is 5.92 Å². The fourth-order valence-electron chi connectivity index (χ4n) is 3.60. The van der Waals surface area contributed by atoms with E-state index in [1.165, 1.54) is 0 Å². The maximum Gasteiger partial charge on any atom is 0.220 e. The molecule has 0 bridgehead atoms. The summed E-state index contributed by atoms with van der Waals surface area (Å²) >= 11 is 0. The van der Waals surface area contributed by atoms with E-state index in [2.05, 4.69) is 5.32 Å². The van der Waals surface area contributed by atoms with Crippen molar-refractivity contribution in [1.82, 2.24) is 5.32 Å². The van der Waals surface area contributed by atoms with Crippen molar-refractivity contribution in [3.05, 3.63) is 47.5 Å². The van der Waals surface area contributed by atoms with Crippen LogP contribution in [0.2, 0.25) is 0 Å². The van der Waals surface area contributed by atoms with Crippen molar-refractivity contribution >= 4 is 5.91 Å². The molecule has 0 aliphatic heterocycles. The van der Waals surface area contributed by atoms with E-state index in [0.717, 1.165) is 24.0 Å². The second-order valence-corrected chi connectivity index (χ2v) is 7.23. The van der Waals surface area contributed by atoms with Gasteiger partial charge in [-0.2, -0.15) is 0 Å². The quantitative estimate of drug-likeness (QED) is 0.656. The summed E-state index contributed by atoms with van der Waals surface area (Å²) in [6, 6.07) is 11.6. The third-order valence-corrected chi connectivity index (χ3v) is 5.37. The van der Waals surface area contributed by atoms with Crippen LogP contribution in [-0.2, 0) is 11.3 Å². The van der Waals surface area contributed by atoms with Gasteiger partial charge in [0.2, 0.25) is 5.91 Å². The third kappa shape index (κ3) is 5.13. The van der Waals surface area contributed by atoms with Gasteiger partial charge in [-0.25, -0.2) is 0 Å². The zero-order valence-corrected chi connectivity index (χ0v) is 17.5. The number of hydrogen-bond donors (Lipinski definition) is 1. The number of carbonyl (C=O) groups is 1. The Balaban J connectivity index is 1.65. The molecule has 1 unspecified atom stereocenters. The van der Waals surface area contributed by atoms with Crippen LogP contribution in [0.4, 0.5) is 0 Å². The number of benzene rings is 2. The van der Waals surface area contributed by atoms with Gasteiger partial charge in [0.25, 0.3) is 0 Å². The minimum Gasteiger partial charge on any atom is -0.493 e. The number of carbonyl (C=O) groups excluding carboxylic acids is 1. The van der Waals surface area contributed by atoms with Crippen LogP contribution in [-0.4, -0.2) is 34.3 Å². The highest BCUT2D eigenvalue weighted by molar-refractivity contribution is 5.77. The molecule has 3 rings (SSSR count). The Morgan fingerprint density at radius 1 is 0.897 bits per heavy atom. The van der Waals surface area contributed by atoms with Gasteiger partial charge >= 0.3 is 0 Å². The molecule has 29 heavy (non-hydrogen) atoms. The van der Waals surface area contributed by atoms with Crippen molar-refractivity contribution in [3.63, 3.8) is 0 Å². The van der Waals surface area contributed by atoms with E-state index in [4.69, 9.17) is 18.9 Å². The van der Waals surface area contributed by atoms with E-state index >= 15 is 0 Å². The van der Waals surface area contributed by atoms with Gasteiger partial charge in [-0.1, -0.05) is 12.1 Å². The SMILES string of the molecule is COc1ccc(CNC(=O)CC(c2ccc(OC)c(OC)c2)C2CC2)cc1OC. The highest BCUT2D eigenvalue weighted by atomic mass is 16.5. The zero-order valence-electron chi connectivity index (χ0n) is 17.5. The molecule has 2 aromatic rings. The third-order valence-electron chi connectivity index (χ3n) is 5.37. The predicted octanol–water partition coefficient (Wildman–Crippen LogP) is 3.92. The summed E-state index contributed by atoms with van der Waals surface area (Å²) in [5.41, 5.74) is 2.08. The Bertz CT molecular complexity index is 847. The van der Waals surface area contributed by atoms with E-state index in [0.29, 0.717) is 41.9 Å². The summed E-state index contributed by atoms with van der Waals surface area (Å²) in [5, 5.41) is 3.03. The van der Waals surface area contributed by atoms with Crippen LogP contribution < -0.4 is 24.3 Å². The number of amides is 1. The molecule has 2 aromatic carbocycles. The molecule has 156 valence electrons. The van der Waals surface area contributed by atoms with E-state index < -0.39 is 0 Å². The first kappa shape index (κ1) is 20.8. The van der Waals surface area contributed by atoms with Gasteiger partial charge in [0.05, 0.1) is 28.4 Å². The molecule has 0 aromatic heterocycles. The second kappa shape index (κ2) is 9.54. The van der Waals surface area contributed by atoms with Crippen molar-refractivity contribution in [2.75, 3.05) is 28.4 Å². The Labute approximate surface area is 172 Å². The molecular formula is C23H29NO5. The lowest BCUT2D eigenvalue weighted by atomic mass is 9.90. The minimum atomic E-state index is 0.0338. The first-order chi connectivity index (χ1) is 14.1. The van der Waals surface area contributed by atoms with E-state index in [-0.39, 0.29) is 11.8 Å². The first-order valence-electron chi connectivity index (χ1n) is 9.79. The number of rotatable bonds is 10. The predicted molar refractivity (Wildman–Crippen MR) is 111 cm³/mol. The van der Waals surface area contributed by atoms with Crippen LogP contribution in [0.5, 0.6) is 23.0 Å². The molecule has 1 N–H and O–H groups in total. The van der Waals surface area contributed by atoms with Crippen molar-refractivity contribution in [2.45, 2.75) is 31.7 Å². The maximum absolute atomic E-state index is 12.7. The molecule has 0 radical (unpaired) electrons. The monoisotopic (exact) mass is 399 g/mol. The van der Waals surface area contributed by atoms with Gasteiger partial charge in [-0.15, -0.1) is 0 Å². The summed E-state index contributed by atoms with van der Waals surface area (Å²) in [5.74, 6) is 3.47. The van der Waals surface area contributed by atoms with Gasteiger partial charge in [0.15, 0.2) is 23.0 Å². The van der Waals surface area contributed by atoms with Gasteiger partial charge in [-0.3, -0.25) is 4.79 Å². The molecule has 1 saturated carbocycles. The average molecular weight is 399 g/mol. The molecule has 0 saturated heterocycles. The fourth-order valence-corrected chi connectivity index (χ4v) is 3.60. The van der Waals surface area contributed by atoms with Crippen molar-refractivity contribution in [1.29, 1.82) is 0 Å². The summed E-state index contributed by atoms with van der Waals surface area (Å²) in [6.07, 6.45) is 2.76.